The Morgan fingerprint density at radius 3 is 2.83 bits per heavy atom. The highest BCUT2D eigenvalue weighted by Crippen LogP contribution is 2.33. The zero-order valence-electron chi connectivity index (χ0n) is 13.6. The summed E-state index contributed by atoms with van der Waals surface area (Å²) in [6.07, 6.45) is 4.45. The standard InChI is InChI=1S/C18H19N3O2S/c1-12-10-14(23-20-12)11-24-18-19-16-9-5-4-8-15(16)17(22)21(18)13-6-2-3-7-13/h4-5,8-10,13H,2-3,6-7,11H2,1H3. The molecule has 24 heavy (non-hydrogen) atoms. The third kappa shape index (κ3) is 2.86. The van der Waals surface area contributed by atoms with Crippen LogP contribution in [0.4, 0.5) is 0 Å². The van der Waals surface area contributed by atoms with Crippen molar-refractivity contribution >= 4 is 22.7 Å². The molecule has 0 unspecified atom stereocenters. The molecule has 0 atom stereocenters. The topological polar surface area (TPSA) is 60.9 Å². The molecule has 5 nitrogen and oxygen atoms in total. The van der Waals surface area contributed by atoms with Crippen LogP contribution in [-0.2, 0) is 5.75 Å². The number of para-hydroxylation sites is 1. The van der Waals surface area contributed by atoms with Crippen LogP contribution in [0.3, 0.4) is 0 Å². The van der Waals surface area contributed by atoms with Gasteiger partial charge in [0, 0.05) is 12.1 Å². The molecule has 124 valence electrons. The van der Waals surface area contributed by atoms with Crippen molar-refractivity contribution in [3.05, 3.63) is 52.1 Å². The normalized spacial score (nSPS) is 15.4. The lowest BCUT2D eigenvalue weighted by Gasteiger charge is -2.18. The Kier molecular flexibility index (Phi) is 4.14. The molecule has 0 saturated heterocycles. The number of hydrogen-bond acceptors (Lipinski definition) is 5. The summed E-state index contributed by atoms with van der Waals surface area (Å²) >= 11 is 1.55. The molecule has 4 rings (SSSR count). The first-order valence-electron chi connectivity index (χ1n) is 8.28. The van der Waals surface area contributed by atoms with Gasteiger partial charge in [-0.25, -0.2) is 4.98 Å². The van der Waals surface area contributed by atoms with E-state index in [0.717, 1.165) is 35.0 Å². The second-order valence-corrected chi connectivity index (χ2v) is 7.19. The summed E-state index contributed by atoms with van der Waals surface area (Å²) < 4.78 is 7.19. The van der Waals surface area contributed by atoms with Gasteiger partial charge in [-0.1, -0.05) is 41.9 Å². The molecule has 0 bridgehead atoms. The van der Waals surface area contributed by atoms with E-state index in [1.807, 2.05) is 41.8 Å². The second kappa shape index (κ2) is 6.43. The van der Waals surface area contributed by atoms with Crippen LogP contribution >= 0.6 is 11.8 Å². The Bertz CT molecular complexity index is 925. The van der Waals surface area contributed by atoms with Crippen molar-refractivity contribution in [1.29, 1.82) is 0 Å². The summed E-state index contributed by atoms with van der Waals surface area (Å²) in [6.45, 7) is 1.90. The highest BCUT2D eigenvalue weighted by molar-refractivity contribution is 7.98. The molecule has 1 aromatic carbocycles. The average molecular weight is 341 g/mol. The number of rotatable bonds is 4. The number of aromatic nitrogens is 3. The molecular formula is C18H19N3O2S. The third-order valence-electron chi connectivity index (χ3n) is 4.49. The summed E-state index contributed by atoms with van der Waals surface area (Å²) in [4.78, 5) is 17.8. The van der Waals surface area contributed by atoms with Gasteiger partial charge in [0.1, 0.15) is 5.76 Å². The second-order valence-electron chi connectivity index (χ2n) is 6.25. The Morgan fingerprint density at radius 2 is 2.08 bits per heavy atom. The highest BCUT2D eigenvalue weighted by Gasteiger charge is 2.23. The van der Waals surface area contributed by atoms with E-state index in [0.29, 0.717) is 11.1 Å². The average Bonchev–Trinajstić information content (AvgIpc) is 3.25. The van der Waals surface area contributed by atoms with Gasteiger partial charge in [0.25, 0.3) is 5.56 Å². The van der Waals surface area contributed by atoms with E-state index in [4.69, 9.17) is 9.51 Å². The van der Waals surface area contributed by atoms with Gasteiger partial charge in [-0.2, -0.15) is 0 Å². The highest BCUT2D eigenvalue weighted by atomic mass is 32.2. The number of aryl methyl sites for hydroxylation is 1. The lowest BCUT2D eigenvalue weighted by atomic mass is 10.2. The molecule has 0 radical (unpaired) electrons. The number of benzene rings is 1. The van der Waals surface area contributed by atoms with Crippen molar-refractivity contribution in [3.63, 3.8) is 0 Å². The molecule has 1 aliphatic rings. The summed E-state index contributed by atoms with van der Waals surface area (Å²) in [6, 6.07) is 9.76. The van der Waals surface area contributed by atoms with Crippen molar-refractivity contribution in [3.8, 4) is 0 Å². The van der Waals surface area contributed by atoms with Crippen LogP contribution in [-0.4, -0.2) is 14.7 Å². The molecule has 1 saturated carbocycles. The molecule has 3 aromatic rings. The molecule has 0 aliphatic heterocycles. The zero-order chi connectivity index (χ0) is 16.5. The summed E-state index contributed by atoms with van der Waals surface area (Å²) in [7, 11) is 0. The van der Waals surface area contributed by atoms with Crippen LogP contribution in [0, 0.1) is 6.92 Å². The van der Waals surface area contributed by atoms with Crippen LogP contribution in [0.5, 0.6) is 0 Å². The van der Waals surface area contributed by atoms with E-state index >= 15 is 0 Å². The number of fused-ring (bicyclic) bond motifs is 1. The van der Waals surface area contributed by atoms with E-state index in [1.54, 1.807) is 11.8 Å². The Balaban J connectivity index is 1.76. The van der Waals surface area contributed by atoms with Crippen LogP contribution in [0.25, 0.3) is 10.9 Å². The van der Waals surface area contributed by atoms with Gasteiger partial charge in [0.05, 0.1) is 22.3 Å². The molecule has 0 amide bonds. The lowest BCUT2D eigenvalue weighted by molar-refractivity contribution is 0.390. The monoisotopic (exact) mass is 341 g/mol. The Labute approximate surface area is 144 Å². The minimum absolute atomic E-state index is 0.0729. The maximum absolute atomic E-state index is 13.0. The minimum atomic E-state index is 0.0729. The van der Waals surface area contributed by atoms with E-state index in [1.165, 1.54) is 12.8 Å². The van der Waals surface area contributed by atoms with Crippen molar-refractivity contribution in [1.82, 2.24) is 14.7 Å². The molecule has 1 aliphatic carbocycles. The maximum Gasteiger partial charge on any atom is 0.262 e. The summed E-state index contributed by atoms with van der Waals surface area (Å²) in [5.41, 5.74) is 1.70. The van der Waals surface area contributed by atoms with E-state index in [-0.39, 0.29) is 11.6 Å². The fourth-order valence-electron chi connectivity index (χ4n) is 3.33. The number of nitrogens with zero attached hydrogens (tertiary/aromatic N) is 3. The third-order valence-corrected chi connectivity index (χ3v) is 5.46. The van der Waals surface area contributed by atoms with Gasteiger partial charge in [0.2, 0.25) is 0 Å². The van der Waals surface area contributed by atoms with Crippen LogP contribution in [0.2, 0.25) is 0 Å². The molecular weight excluding hydrogens is 322 g/mol. The quantitative estimate of drug-likeness (QED) is 0.528. The van der Waals surface area contributed by atoms with E-state index < -0.39 is 0 Å². The number of thioether (sulfide) groups is 1. The first kappa shape index (κ1) is 15.4. The predicted molar refractivity (Wildman–Crippen MR) is 94.3 cm³/mol. The summed E-state index contributed by atoms with van der Waals surface area (Å²) in [5, 5.41) is 5.39. The van der Waals surface area contributed by atoms with Crippen molar-refractivity contribution < 1.29 is 4.52 Å². The van der Waals surface area contributed by atoms with Gasteiger partial charge >= 0.3 is 0 Å². The summed E-state index contributed by atoms with van der Waals surface area (Å²) in [5.74, 6) is 1.43. The van der Waals surface area contributed by atoms with Crippen LogP contribution in [0.15, 0.2) is 44.8 Å². The molecule has 1 fully saturated rings. The molecule has 0 N–H and O–H groups in total. The fraction of sp³-hybridized carbons (Fsp3) is 0.389. The first-order valence-corrected chi connectivity index (χ1v) is 9.27. The molecule has 2 heterocycles. The molecule has 6 heteroatoms. The SMILES string of the molecule is Cc1cc(CSc2nc3ccccc3c(=O)n2C2CCCC2)on1. The predicted octanol–water partition coefficient (Wildman–Crippen LogP) is 4.10. The van der Waals surface area contributed by atoms with Gasteiger partial charge < -0.3 is 4.52 Å². The lowest BCUT2D eigenvalue weighted by Crippen LogP contribution is -2.26. The van der Waals surface area contributed by atoms with E-state index in [2.05, 4.69) is 5.16 Å². The van der Waals surface area contributed by atoms with Gasteiger partial charge in [-0.15, -0.1) is 0 Å². The van der Waals surface area contributed by atoms with Crippen molar-refractivity contribution in [2.75, 3.05) is 0 Å². The minimum Gasteiger partial charge on any atom is -0.360 e. The Morgan fingerprint density at radius 1 is 1.29 bits per heavy atom. The Hall–Kier alpha value is -2.08. The van der Waals surface area contributed by atoms with Gasteiger partial charge in [-0.05, 0) is 31.9 Å². The van der Waals surface area contributed by atoms with Gasteiger partial charge in [0.15, 0.2) is 5.16 Å². The zero-order valence-corrected chi connectivity index (χ0v) is 14.4. The van der Waals surface area contributed by atoms with E-state index in [9.17, 15) is 4.79 Å². The largest absolute Gasteiger partial charge is 0.360 e. The molecule has 0 spiro atoms. The molecule has 2 aromatic heterocycles. The smallest absolute Gasteiger partial charge is 0.262 e. The van der Waals surface area contributed by atoms with Crippen LogP contribution in [0.1, 0.15) is 43.2 Å². The van der Waals surface area contributed by atoms with Crippen molar-refractivity contribution in [2.24, 2.45) is 0 Å². The van der Waals surface area contributed by atoms with Crippen molar-refractivity contribution in [2.45, 2.75) is 49.6 Å². The number of hydrogen-bond donors (Lipinski definition) is 0. The van der Waals surface area contributed by atoms with Crippen LogP contribution < -0.4 is 5.56 Å². The fourth-order valence-corrected chi connectivity index (χ4v) is 4.27. The van der Waals surface area contributed by atoms with Gasteiger partial charge in [-0.3, -0.25) is 9.36 Å². The maximum atomic E-state index is 13.0. The first-order chi connectivity index (χ1) is 11.7.